The predicted octanol–water partition coefficient (Wildman–Crippen LogP) is 0.374. The van der Waals surface area contributed by atoms with Gasteiger partial charge in [0.05, 0.1) is 10.7 Å². The Morgan fingerprint density at radius 3 is 2.20 bits per heavy atom. The molecule has 0 aliphatic carbocycles. The second-order valence-corrected chi connectivity index (χ2v) is 5.23. The molecule has 15 heavy (non-hydrogen) atoms. The molecule has 1 rings (SSSR count). The second-order valence-electron chi connectivity index (χ2n) is 4.29. The van der Waals surface area contributed by atoms with Crippen molar-refractivity contribution in [2.75, 3.05) is 0 Å². The molecule has 0 bridgehead atoms. The van der Waals surface area contributed by atoms with Crippen molar-refractivity contribution in [1.29, 1.82) is 0 Å². The van der Waals surface area contributed by atoms with Crippen LogP contribution in [0.2, 0.25) is 0 Å². The van der Waals surface area contributed by atoms with Crippen LogP contribution in [0.3, 0.4) is 0 Å². The number of thiazole rings is 1. The maximum Gasteiger partial charge on any atom is 1.00 e. The molecule has 1 nitrogen and oxygen atoms in total. The van der Waals surface area contributed by atoms with E-state index >= 15 is 0 Å². The summed E-state index contributed by atoms with van der Waals surface area (Å²) in [6.07, 6.45) is -0.860. The standard InChI is InChI=1S/C8H12BF3NS.K/c1-8(2,3)6-5-14-7(13-6)4-9(10,11)12;/h5H,4H2,1-3H3;/q-1;+1. The number of aromatic nitrogens is 1. The molecule has 80 valence electrons. The summed E-state index contributed by atoms with van der Waals surface area (Å²) in [5.74, 6) is 0. The minimum Gasteiger partial charge on any atom is -0.449 e. The molecule has 0 spiro atoms. The van der Waals surface area contributed by atoms with Crippen LogP contribution in [0.4, 0.5) is 12.9 Å². The van der Waals surface area contributed by atoms with E-state index in [1.165, 1.54) is 0 Å². The van der Waals surface area contributed by atoms with Gasteiger partial charge in [-0.15, -0.1) is 11.3 Å². The summed E-state index contributed by atoms with van der Waals surface area (Å²) in [5, 5.41) is 1.87. The minimum atomic E-state index is -4.76. The third-order valence-electron chi connectivity index (χ3n) is 1.73. The van der Waals surface area contributed by atoms with Gasteiger partial charge in [-0.2, -0.15) is 0 Å². The first-order valence-corrected chi connectivity index (χ1v) is 5.22. The molecule has 0 unspecified atom stereocenters. The average molecular weight is 261 g/mol. The molecular formula is C8H12BF3KNS. The van der Waals surface area contributed by atoms with Crippen molar-refractivity contribution >= 4 is 18.3 Å². The number of hydrogen-bond donors (Lipinski definition) is 0. The third kappa shape index (κ3) is 5.84. The van der Waals surface area contributed by atoms with Gasteiger partial charge in [-0.05, 0) is 6.32 Å². The van der Waals surface area contributed by atoms with Crippen LogP contribution >= 0.6 is 11.3 Å². The first-order valence-electron chi connectivity index (χ1n) is 4.34. The number of rotatable bonds is 2. The van der Waals surface area contributed by atoms with Crippen LogP contribution in [0.15, 0.2) is 5.38 Å². The first-order chi connectivity index (χ1) is 6.18. The smallest absolute Gasteiger partial charge is 0.449 e. The molecule has 1 aromatic rings. The fourth-order valence-corrected chi connectivity index (χ4v) is 2.04. The van der Waals surface area contributed by atoms with Gasteiger partial charge < -0.3 is 12.9 Å². The Morgan fingerprint density at radius 1 is 1.33 bits per heavy atom. The SMILES string of the molecule is CC(C)(C)c1csc(C[B-](F)(F)F)n1.[K+]. The number of halogens is 3. The van der Waals surface area contributed by atoms with E-state index in [1.54, 1.807) is 5.38 Å². The number of hydrogen-bond acceptors (Lipinski definition) is 2. The summed E-state index contributed by atoms with van der Waals surface area (Å²) in [6, 6.07) is 0. The van der Waals surface area contributed by atoms with Crippen LogP contribution in [0.25, 0.3) is 0 Å². The maximum atomic E-state index is 12.1. The molecule has 0 saturated carbocycles. The van der Waals surface area contributed by atoms with Crippen molar-refractivity contribution in [3.05, 3.63) is 16.1 Å². The molecule has 0 N–H and O–H groups in total. The summed E-state index contributed by atoms with van der Waals surface area (Å²) in [7, 11) is 0. The molecule has 1 heterocycles. The van der Waals surface area contributed by atoms with Crippen molar-refractivity contribution in [2.45, 2.75) is 32.5 Å². The van der Waals surface area contributed by atoms with E-state index in [9.17, 15) is 12.9 Å². The van der Waals surface area contributed by atoms with E-state index in [-0.39, 0.29) is 61.8 Å². The van der Waals surface area contributed by atoms with Crippen LogP contribution in [-0.4, -0.2) is 12.0 Å². The molecule has 0 aliphatic rings. The van der Waals surface area contributed by atoms with Crippen molar-refractivity contribution in [1.82, 2.24) is 4.98 Å². The second kappa shape index (κ2) is 5.64. The quantitative estimate of drug-likeness (QED) is 0.701. The normalized spacial score (nSPS) is 12.4. The molecule has 0 atom stereocenters. The van der Waals surface area contributed by atoms with Gasteiger partial charge in [0.25, 0.3) is 0 Å². The van der Waals surface area contributed by atoms with E-state index in [1.807, 2.05) is 20.8 Å². The van der Waals surface area contributed by atoms with Crippen LogP contribution < -0.4 is 51.4 Å². The number of nitrogens with zero attached hydrogens (tertiary/aromatic N) is 1. The summed E-state index contributed by atoms with van der Waals surface area (Å²) in [5.41, 5.74) is 0.561. The molecule has 0 fully saturated rings. The molecular weight excluding hydrogens is 249 g/mol. The monoisotopic (exact) mass is 261 g/mol. The first kappa shape index (κ1) is 16.1. The van der Waals surface area contributed by atoms with E-state index in [0.29, 0.717) is 0 Å². The van der Waals surface area contributed by atoms with Crippen LogP contribution in [0.1, 0.15) is 31.5 Å². The van der Waals surface area contributed by atoms with Gasteiger partial charge in [-0.3, -0.25) is 0 Å². The van der Waals surface area contributed by atoms with Gasteiger partial charge in [-0.25, -0.2) is 4.98 Å². The Kier molecular flexibility index (Phi) is 6.06. The van der Waals surface area contributed by atoms with Crippen LogP contribution in [0.5, 0.6) is 0 Å². The summed E-state index contributed by atoms with van der Waals surface area (Å²) < 4.78 is 36.2. The van der Waals surface area contributed by atoms with Gasteiger partial charge in [0.2, 0.25) is 0 Å². The zero-order valence-electron chi connectivity index (χ0n) is 9.35. The molecule has 0 aliphatic heterocycles. The fourth-order valence-electron chi connectivity index (χ4n) is 0.947. The van der Waals surface area contributed by atoms with E-state index in [4.69, 9.17) is 0 Å². The minimum absolute atomic E-state index is 0. The molecule has 0 aromatic carbocycles. The Balaban J connectivity index is 0.00000196. The van der Waals surface area contributed by atoms with Gasteiger partial charge in [0.15, 0.2) is 0 Å². The predicted molar refractivity (Wildman–Crippen MR) is 53.6 cm³/mol. The van der Waals surface area contributed by atoms with Gasteiger partial charge in [0, 0.05) is 10.8 Å². The molecule has 0 amide bonds. The third-order valence-corrected chi connectivity index (χ3v) is 2.60. The maximum absolute atomic E-state index is 12.1. The summed E-state index contributed by atoms with van der Waals surface area (Å²) in [4.78, 5) is 3.98. The van der Waals surface area contributed by atoms with Gasteiger partial charge in [0.1, 0.15) is 0 Å². The molecule has 0 radical (unpaired) electrons. The van der Waals surface area contributed by atoms with Crippen LogP contribution in [-0.2, 0) is 11.7 Å². The molecule has 1 aromatic heterocycles. The van der Waals surface area contributed by atoms with E-state index in [0.717, 1.165) is 17.0 Å². The fraction of sp³-hybridized carbons (Fsp3) is 0.625. The molecule has 7 heteroatoms. The molecule has 0 saturated heterocycles. The van der Waals surface area contributed by atoms with Crippen molar-refractivity contribution in [2.24, 2.45) is 0 Å². The van der Waals surface area contributed by atoms with E-state index < -0.39 is 13.3 Å². The summed E-state index contributed by atoms with van der Waals surface area (Å²) in [6.45, 7) is 1.04. The van der Waals surface area contributed by atoms with E-state index in [2.05, 4.69) is 4.98 Å². The van der Waals surface area contributed by atoms with Crippen LogP contribution in [0, 0.1) is 0 Å². The van der Waals surface area contributed by atoms with Gasteiger partial charge >= 0.3 is 58.4 Å². The Bertz CT molecular complexity index is 318. The average Bonchev–Trinajstić information content (AvgIpc) is 2.29. The van der Waals surface area contributed by atoms with Crippen molar-refractivity contribution in [3.8, 4) is 0 Å². The Labute approximate surface area is 134 Å². The largest absolute Gasteiger partial charge is 1.00 e. The van der Waals surface area contributed by atoms with Gasteiger partial charge in [-0.1, -0.05) is 20.8 Å². The zero-order chi connectivity index (χ0) is 11.0. The van der Waals surface area contributed by atoms with Crippen molar-refractivity contribution < 1.29 is 64.3 Å². The van der Waals surface area contributed by atoms with Crippen molar-refractivity contribution in [3.63, 3.8) is 0 Å². The Hall–Kier alpha value is 1.12. The zero-order valence-corrected chi connectivity index (χ0v) is 13.3. The topological polar surface area (TPSA) is 12.9 Å². The summed E-state index contributed by atoms with van der Waals surface area (Å²) >= 11 is 1.09. The Morgan fingerprint density at radius 2 is 1.87 bits per heavy atom.